The van der Waals surface area contributed by atoms with Gasteiger partial charge in [0.25, 0.3) is 0 Å². The molecule has 4 nitrogen and oxygen atoms in total. The summed E-state index contributed by atoms with van der Waals surface area (Å²) >= 11 is 0. The minimum absolute atomic E-state index is 0.00824. The lowest BCUT2D eigenvalue weighted by Gasteiger charge is -2.23. The van der Waals surface area contributed by atoms with E-state index < -0.39 is 11.9 Å². The molecular weight excluding hydrogens is 369 g/mol. The molecule has 28 heavy (non-hydrogen) atoms. The van der Waals surface area contributed by atoms with Crippen LogP contribution in [-0.2, 0) is 4.79 Å². The van der Waals surface area contributed by atoms with E-state index in [9.17, 15) is 18.0 Å². The number of carbonyl (C=O) groups excluding carboxylic acids is 1. The van der Waals surface area contributed by atoms with Gasteiger partial charge in [0, 0.05) is 25.2 Å². The minimum atomic E-state index is -4.75. The first-order valence-electron chi connectivity index (χ1n) is 9.26. The number of carbonyl (C=O) groups is 1. The van der Waals surface area contributed by atoms with Crippen molar-refractivity contribution < 1.29 is 22.7 Å². The molecule has 2 fully saturated rings. The van der Waals surface area contributed by atoms with Gasteiger partial charge in [-0.05, 0) is 42.5 Å². The van der Waals surface area contributed by atoms with Gasteiger partial charge in [-0.3, -0.25) is 10.1 Å². The van der Waals surface area contributed by atoms with Gasteiger partial charge in [-0.15, -0.1) is 13.2 Å². The molecule has 148 valence electrons. The van der Waals surface area contributed by atoms with E-state index >= 15 is 0 Å². The van der Waals surface area contributed by atoms with Crippen LogP contribution < -0.4 is 10.1 Å². The number of alkyl halides is 3. The zero-order valence-corrected chi connectivity index (χ0v) is 15.4. The first kappa shape index (κ1) is 18.8. The number of likely N-dealkylation sites (tertiary alicyclic amines) is 1. The van der Waals surface area contributed by atoms with E-state index in [1.165, 1.54) is 12.1 Å². The Balaban J connectivity index is 1.61. The molecular formula is C21H21F3N2O2. The topological polar surface area (TPSA) is 41.6 Å². The van der Waals surface area contributed by atoms with Crippen LogP contribution in [0.5, 0.6) is 5.75 Å². The van der Waals surface area contributed by atoms with Gasteiger partial charge in [0.1, 0.15) is 11.3 Å². The average Bonchev–Trinajstić information content (AvgIpc) is 3.21. The monoisotopic (exact) mass is 390 g/mol. The summed E-state index contributed by atoms with van der Waals surface area (Å²) in [6.45, 7) is 0.737. The molecule has 2 heterocycles. The lowest BCUT2D eigenvalue weighted by atomic mass is 9.95. The van der Waals surface area contributed by atoms with Crippen molar-refractivity contribution in [1.82, 2.24) is 10.2 Å². The zero-order chi connectivity index (χ0) is 19.9. The number of hydrogen-bond donors (Lipinski definition) is 1. The number of nitrogens with zero attached hydrogens (tertiary/aromatic N) is 1. The summed E-state index contributed by atoms with van der Waals surface area (Å²) in [4.78, 5) is 14.3. The van der Waals surface area contributed by atoms with Crippen molar-refractivity contribution in [3.63, 3.8) is 0 Å². The molecule has 2 aliphatic heterocycles. The second-order valence-electron chi connectivity index (χ2n) is 7.46. The smallest absolute Gasteiger partial charge is 0.405 e. The minimum Gasteiger partial charge on any atom is -0.405 e. The van der Waals surface area contributed by atoms with Crippen molar-refractivity contribution in [2.24, 2.45) is 0 Å². The Hall–Kier alpha value is -2.54. The largest absolute Gasteiger partial charge is 0.573 e. The number of likely N-dealkylation sites (N-methyl/N-ethyl adjacent to an activating group) is 1. The summed E-state index contributed by atoms with van der Waals surface area (Å²) in [5.41, 5.74) is 1.48. The van der Waals surface area contributed by atoms with Crippen LogP contribution in [0.1, 0.15) is 30.9 Å². The molecule has 0 aliphatic carbocycles. The highest BCUT2D eigenvalue weighted by atomic mass is 19.4. The summed E-state index contributed by atoms with van der Waals surface area (Å²) in [5, 5.41) is 3.49. The molecule has 2 unspecified atom stereocenters. The predicted molar refractivity (Wildman–Crippen MR) is 98.7 cm³/mol. The van der Waals surface area contributed by atoms with E-state index in [1.54, 1.807) is 23.1 Å². The maximum atomic E-state index is 12.7. The number of ether oxygens (including phenoxy) is 1. The number of benzene rings is 2. The second-order valence-corrected chi connectivity index (χ2v) is 7.46. The molecule has 0 saturated carbocycles. The van der Waals surface area contributed by atoms with Gasteiger partial charge < -0.3 is 9.64 Å². The highest BCUT2D eigenvalue weighted by Crippen LogP contribution is 2.40. The van der Waals surface area contributed by atoms with Crippen LogP contribution in [0.3, 0.4) is 0 Å². The molecule has 1 N–H and O–H groups in total. The molecule has 2 saturated heterocycles. The molecule has 1 spiro atoms. The lowest BCUT2D eigenvalue weighted by molar-refractivity contribution is -0.274. The van der Waals surface area contributed by atoms with E-state index in [4.69, 9.17) is 0 Å². The van der Waals surface area contributed by atoms with Gasteiger partial charge >= 0.3 is 6.36 Å². The molecule has 4 rings (SSSR count). The molecule has 2 aliphatic rings. The number of halogens is 3. The normalized spacial score (nSPS) is 24.9. The molecule has 0 radical (unpaired) electrons. The van der Waals surface area contributed by atoms with E-state index in [1.807, 2.05) is 25.2 Å². The van der Waals surface area contributed by atoms with Crippen molar-refractivity contribution in [2.75, 3.05) is 13.6 Å². The number of rotatable bonds is 3. The van der Waals surface area contributed by atoms with Crippen LogP contribution in [-0.4, -0.2) is 36.3 Å². The summed E-state index contributed by atoms with van der Waals surface area (Å²) in [5.74, 6) is -0.106. The van der Waals surface area contributed by atoms with Crippen LogP contribution in [0, 0.1) is 0 Å². The first-order chi connectivity index (χ1) is 13.3. The Kier molecular flexibility index (Phi) is 4.57. The fraction of sp³-hybridized carbons (Fsp3) is 0.381. The molecule has 2 atom stereocenters. The standard InChI is InChI=1S/C21H21F3N2O2/c1-26-12-11-20(19(26)27)10-9-17(25-20)15-6-4-5-14(13-15)16-7-2-3-8-18(16)28-21(22,23)24/h2-8,13,17,25H,9-12H2,1H3. The Morgan fingerprint density at radius 2 is 1.93 bits per heavy atom. The average molecular weight is 390 g/mol. The quantitative estimate of drug-likeness (QED) is 0.851. The van der Waals surface area contributed by atoms with Crippen molar-refractivity contribution in [3.8, 4) is 16.9 Å². The number of para-hydroxylation sites is 1. The summed E-state index contributed by atoms with van der Waals surface area (Å²) in [6.07, 6.45) is -2.40. The maximum absolute atomic E-state index is 12.7. The first-order valence-corrected chi connectivity index (χ1v) is 9.26. The third-order valence-corrected chi connectivity index (χ3v) is 5.65. The SMILES string of the molecule is CN1CCC2(CCC(c3cccc(-c4ccccc4OC(F)(F)F)c3)N2)C1=O. The highest BCUT2D eigenvalue weighted by molar-refractivity contribution is 5.88. The van der Waals surface area contributed by atoms with Crippen LogP contribution in [0.15, 0.2) is 48.5 Å². The highest BCUT2D eigenvalue weighted by Gasteiger charge is 2.50. The second kappa shape index (κ2) is 6.81. The van der Waals surface area contributed by atoms with Crippen molar-refractivity contribution in [3.05, 3.63) is 54.1 Å². The maximum Gasteiger partial charge on any atom is 0.573 e. The number of hydrogen-bond acceptors (Lipinski definition) is 3. The summed E-state index contributed by atoms with van der Waals surface area (Å²) < 4.78 is 42.4. The zero-order valence-electron chi connectivity index (χ0n) is 15.4. The summed E-state index contributed by atoms with van der Waals surface area (Å²) in [6, 6.07) is 13.5. The van der Waals surface area contributed by atoms with Gasteiger partial charge in [-0.2, -0.15) is 0 Å². The molecule has 0 aromatic heterocycles. The van der Waals surface area contributed by atoms with E-state index in [-0.39, 0.29) is 17.7 Å². The van der Waals surface area contributed by atoms with Crippen molar-refractivity contribution in [2.45, 2.75) is 37.2 Å². The van der Waals surface area contributed by atoms with Gasteiger partial charge in [-0.25, -0.2) is 0 Å². The third kappa shape index (κ3) is 3.46. The molecule has 7 heteroatoms. The Labute approximate surface area is 161 Å². The number of nitrogens with one attached hydrogen (secondary N) is 1. The van der Waals surface area contributed by atoms with Crippen LogP contribution in [0.4, 0.5) is 13.2 Å². The summed E-state index contributed by atoms with van der Waals surface area (Å²) in [7, 11) is 1.81. The number of amides is 1. The van der Waals surface area contributed by atoms with Gasteiger partial charge in [0.05, 0.1) is 0 Å². The van der Waals surface area contributed by atoms with Crippen LogP contribution in [0.2, 0.25) is 0 Å². The Bertz CT molecular complexity index is 899. The van der Waals surface area contributed by atoms with Gasteiger partial charge in [0.15, 0.2) is 0 Å². The Morgan fingerprint density at radius 1 is 1.14 bits per heavy atom. The van der Waals surface area contributed by atoms with E-state index in [0.717, 1.165) is 31.4 Å². The van der Waals surface area contributed by atoms with Gasteiger partial charge in [0.2, 0.25) is 5.91 Å². The van der Waals surface area contributed by atoms with E-state index in [0.29, 0.717) is 11.1 Å². The van der Waals surface area contributed by atoms with Crippen molar-refractivity contribution >= 4 is 5.91 Å². The fourth-order valence-corrected chi connectivity index (χ4v) is 4.26. The molecule has 1 amide bonds. The lowest BCUT2D eigenvalue weighted by Crippen LogP contribution is -2.47. The predicted octanol–water partition coefficient (Wildman–Crippen LogP) is 4.28. The molecule has 2 aromatic rings. The fourth-order valence-electron chi connectivity index (χ4n) is 4.26. The van der Waals surface area contributed by atoms with Crippen LogP contribution in [0.25, 0.3) is 11.1 Å². The third-order valence-electron chi connectivity index (χ3n) is 5.65. The van der Waals surface area contributed by atoms with Gasteiger partial charge in [-0.1, -0.05) is 36.4 Å². The van der Waals surface area contributed by atoms with E-state index in [2.05, 4.69) is 10.1 Å². The molecule has 2 aromatic carbocycles. The Morgan fingerprint density at radius 3 is 2.64 bits per heavy atom. The van der Waals surface area contributed by atoms with Crippen molar-refractivity contribution in [1.29, 1.82) is 0 Å². The van der Waals surface area contributed by atoms with Crippen LogP contribution >= 0.6 is 0 Å². The molecule has 0 bridgehead atoms.